The Kier molecular flexibility index (Phi) is 10.7. The summed E-state index contributed by atoms with van der Waals surface area (Å²) in [7, 11) is 0. The van der Waals surface area contributed by atoms with Crippen LogP contribution < -0.4 is 16.0 Å². The molecule has 0 aromatic heterocycles. The van der Waals surface area contributed by atoms with Crippen molar-refractivity contribution in [2.75, 3.05) is 4.90 Å². The highest BCUT2D eigenvalue weighted by Gasteiger charge is 2.38. The van der Waals surface area contributed by atoms with Crippen molar-refractivity contribution in [2.45, 2.75) is 71.5 Å². The molecule has 0 spiro atoms. The molecule has 0 bridgehead atoms. The summed E-state index contributed by atoms with van der Waals surface area (Å²) in [6, 6.07) is 34.1. The molecule has 49 heavy (non-hydrogen) atoms. The quantitative estimate of drug-likeness (QED) is 0.165. The number of nitrogens with one attached hydrogen (secondary N) is 1. The monoisotopic (exact) mass is 654 g/mol. The van der Waals surface area contributed by atoms with Gasteiger partial charge < -0.3 is 16.0 Å². The number of carbonyl (C=O) groups excluding carboxylic acids is 3. The van der Waals surface area contributed by atoms with E-state index in [-0.39, 0.29) is 18.4 Å². The number of anilines is 1. The summed E-state index contributed by atoms with van der Waals surface area (Å²) in [5.74, 6) is -2.03. The summed E-state index contributed by atoms with van der Waals surface area (Å²) >= 11 is 0. The molecule has 4 aromatic carbocycles. The molecule has 3 amide bonds. The molecule has 0 saturated heterocycles. The van der Waals surface area contributed by atoms with Crippen molar-refractivity contribution in [1.82, 2.24) is 5.32 Å². The van der Waals surface area contributed by atoms with Gasteiger partial charge in [-0.2, -0.15) is 0 Å². The Labute approximate surface area is 289 Å². The lowest BCUT2D eigenvalue weighted by molar-refractivity contribution is -0.136. The Hall–Kier alpha value is -5.04. The van der Waals surface area contributed by atoms with Gasteiger partial charge in [0.15, 0.2) is 0 Å². The number of benzodiazepines with no additional fused rings is 1. The first-order valence-electron chi connectivity index (χ1n) is 17.6. The smallest absolute Gasteiger partial charge is 0.272 e. The fourth-order valence-corrected chi connectivity index (χ4v) is 7.44. The van der Waals surface area contributed by atoms with Crippen molar-refractivity contribution in [3.8, 4) is 11.1 Å². The standard InChI is InChI=1S/C42H46N4O3/c1-3-12-34(39(43)47)36(26-29-13-7-8-14-29)41(48)45-40-42(49)46(27-30-15-11-18-33(25-30)31-23-21-28(2)22-24-31)37-20-10-9-19-35(37)38(44-40)32-16-5-4-6-17-32/h4-6,9-11,15-25,29,34,36,40H,3,7-8,12-14,26-27H2,1-2H3,(H2,43,47)(H,45,48). The van der Waals surface area contributed by atoms with Crippen LogP contribution >= 0.6 is 0 Å². The summed E-state index contributed by atoms with van der Waals surface area (Å²) in [5, 5.41) is 3.04. The van der Waals surface area contributed by atoms with Gasteiger partial charge in [0.25, 0.3) is 5.91 Å². The normalized spacial score (nSPS) is 17.5. The van der Waals surface area contributed by atoms with Crippen LogP contribution in [0, 0.1) is 24.7 Å². The van der Waals surface area contributed by atoms with Crippen LogP contribution in [0.1, 0.15) is 74.1 Å². The van der Waals surface area contributed by atoms with E-state index in [1.54, 1.807) is 4.90 Å². The van der Waals surface area contributed by atoms with Crippen molar-refractivity contribution in [2.24, 2.45) is 28.5 Å². The molecule has 3 unspecified atom stereocenters. The summed E-state index contributed by atoms with van der Waals surface area (Å²) in [6.45, 7) is 4.35. The van der Waals surface area contributed by atoms with Crippen LogP contribution in [0.3, 0.4) is 0 Å². The lowest BCUT2D eigenvalue weighted by Crippen LogP contribution is -2.50. The lowest BCUT2D eigenvalue weighted by Gasteiger charge is -2.29. The van der Waals surface area contributed by atoms with E-state index in [1.807, 2.05) is 73.7 Å². The zero-order valence-corrected chi connectivity index (χ0v) is 28.5. The Bertz CT molecular complexity index is 1810. The van der Waals surface area contributed by atoms with Crippen LogP contribution in [0.15, 0.2) is 108 Å². The average molecular weight is 655 g/mol. The second-order valence-electron chi connectivity index (χ2n) is 13.6. The van der Waals surface area contributed by atoms with E-state index in [0.29, 0.717) is 24.5 Å². The zero-order chi connectivity index (χ0) is 34.3. The minimum absolute atomic E-state index is 0.282. The highest BCUT2D eigenvalue weighted by molar-refractivity contribution is 6.20. The van der Waals surface area contributed by atoms with Gasteiger partial charge >= 0.3 is 0 Å². The third-order valence-corrected chi connectivity index (χ3v) is 10.0. The van der Waals surface area contributed by atoms with E-state index in [0.717, 1.165) is 65.6 Å². The van der Waals surface area contributed by atoms with Gasteiger partial charge in [0, 0.05) is 23.0 Å². The predicted octanol–water partition coefficient (Wildman–Crippen LogP) is 7.59. The molecule has 1 aliphatic carbocycles. The second-order valence-corrected chi connectivity index (χ2v) is 13.6. The minimum Gasteiger partial charge on any atom is -0.369 e. The molecule has 2 aliphatic rings. The van der Waals surface area contributed by atoms with Crippen molar-refractivity contribution in [3.05, 3.63) is 125 Å². The van der Waals surface area contributed by atoms with Gasteiger partial charge in [-0.25, -0.2) is 4.99 Å². The maximum Gasteiger partial charge on any atom is 0.272 e. The van der Waals surface area contributed by atoms with Gasteiger partial charge in [-0.3, -0.25) is 14.4 Å². The Balaban J connectivity index is 1.39. The van der Waals surface area contributed by atoms with Gasteiger partial charge in [0.2, 0.25) is 18.0 Å². The molecule has 0 radical (unpaired) electrons. The Morgan fingerprint density at radius 2 is 1.55 bits per heavy atom. The number of nitrogens with zero attached hydrogens (tertiary/aromatic N) is 2. The Morgan fingerprint density at radius 1 is 0.857 bits per heavy atom. The minimum atomic E-state index is -1.20. The molecule has 1 aliphatic heterocycles. The maximum atomic E-state index is 14.7. The molecule has 3 N–H and O–H groups in total. The van der Waals surface area contributed by atoms with Gasteiger partial charge in [-0.1, -0.05) is 136 Å². The highest BCUT2D eigenvalue weighted by atomic mass is 16.2. The average Bonchev–Trinajstić information content (AvgIpc) is 3.61. The number of para-hydroxylation sites is 1. The van der Waals surface area contributed by atoms with Crippen molar-refractivity contribution >= 4 is 29.1 Å². The number of hydrogen-bond acceptors (Lipinski definition) is 4. The third-order valence-electron chi connectivity index (χ3n) is 10.0. The van der Waals surface area contributed by atoms with Gasteiger partial charge in [-0.15, -0.1) is 0 Å². The number of aliphatic imine (C=N–C) groups is 1. The molecule has 7 heteroatoms. The van der Waals surface area contributed by atoms with Crippen LogP contribution in [0.4, 0.5) is 5.69 Å². The van der Waals surface area contributed by atoms with E-state index in [4.69, 9.17) is 10.7 Å². The second kappa shape index (κ2) is 15.5. The molecule has 1 saturated carbocycles. The SMILES string of the molecule is CCCC(C(N)=O)C(CC1CCCC1)C(=O)NC1N=C(c2ccccc2)c2ccccc2N(Cc2cccc(-c3ccc(C)cc3)c2)C1=O. The predicted molar refractivity (Wildman–Crippen MR) is 196 cm³/mol. The van der Waals surface area contributed by atoms with Gasteiger partial charge in [0.1, 0.15) is 0 Å². The number of hydrogen-bond donors (Lipinski definition) is 2. The number of primary amides is 1. The van der Waals surface area contributed by atoms with Crippen LogP contribution in [-0.2, 0) is 20.9 Å². The number of nitrogens with two attached hydrogens (primary N) is 1. The van der Waals surface area contributed by atoms with Crippen molar-refractivity contribution < 1.29 is 14.4 Å². The first-order valence-corrected chi connectivity index (χ1v) is 17.6. The molecular weight excluding hydrogens is 608 g/mol. The maximum absolute atomic E-state index is 14.7. The number of amides is 3. The van der Waals surface area contributed by atoms with E-state index < -0.39 is 23.9 Å². The summed E-state index contributed by atoms with van der Waals surface area (Å²) in [5.41, 5.74) is 13.2. The van der Waals surface area contributed by atoms with Crippen LogP contribution in [0.25, 0.3) is 11.1 Å². The number of fused-ring (bicyclic) bond motifs is 1. The van der Waals surface area contributed by atoms with Crippen LogP contribution in [0.2, 0.25) is 0 Å². The first-order chi connectivity index (χ1) is 23.8. The van der Waals surface area contributed by atoms with E-state index >= 15 is 0 Å². The largest absolute Gasteiger partial charge is 0.369 e. The number of aryl methyl sites for hydroxylation is 1. The molecule has 3 atom stereocenters. The third kappa shape index (κ3) is 7.83. The fourth-order valence-electron chi connectivity index (χ4n) is 7.44. The highest BCUT2D eigenvalue weighted by Crippen LogP contribution is 2.35. The van der Waals surface area contributed by atoms with Crippen molar-refractivity contribution in [3.63, 3.8) is 0 Å². The van der Waals surface area contributed by atoms with Crippen LogP contribution in [-0.4, -0.2) is 29.6 Å². The zero-order valence-electron chi connectivity index (χ0n) is 28.5. The molecule has 252 valence electrons. The molecular formula is C42H46N4O3. The molecule has 7 nitrogen and oxygen atoms in total. The lowest BCUT2D eigenvalue weighted by atomic mass is 9.80. The van der Waals surface area contributed by atoms with E-state index in [1.165, 1.54) is 5.56 Å². The van der Waals surface area contributed by atoms with Crippen molar-refractivity contribution in [1.29, 1.82) is 0 Å². The molecule has 6 rings (SSSR count). The summed E-state index contributed by atoms with van der Waals surface area (Å²) < 4.78 is 0. The number of rotatable bonds is 12. The topological polar surface area (TPSA) is 105 Å². The Morgan fingerprint density at radius 3 is 2.27 bits per heavy atom. The van der Waals surface area contributed by atoms with Gasteiger partial charge in [0.05, 0.1) is 17.9 Å². The fraction of sp³-hybridized carbons (Fsp3) is 0.333. The van der Waals surface area contributed by atoms with Crippen LogP contribution in [0.5, 0.6) is 0 Å². The number of benzene rings is 4. The summed E-state index contributed by atoms with van der Waals surface area (Å²) in [4.78, 5) is 48.5. The van der Waals surface area contributed by atoms with E-state index in [9.17, 15) is 14.4 Å². The number of carbonyl (C=O) groups is 3. The first kappa shape index (κ1) is 33.8. The van der Waals surface area contributed by atoms with E-state index in [2.05, 4.69) is 48.6 Å². The molecule has 1 heterocycles. The van der Waals surface area contributed by atoms with Gasteiger partial charge in [-0.05, 0) is 54.5 Å². The summed E-state index contributed by atoms with van der Waals surface area (Å²) in [6.07, 6.45) is 4.94. The molecule has 4 aromatic rings. The molecule has 1 fully saturated rings.